The van der Waals surface area contributed by atoms with Gasteiger partial charge in [0.1, 0.15) is 5.69 Å². The van der Waals surface area contributed by atoms with Crippen molar-refractivity contribution in [3.63, 3.8) is 0 Å². The van der Waals surface area contributed by atoms with Gasteiger partial charge in [-0.25, -0.2) is 4.98 Å². The van der Waals surface area contributed by atoms with Crippen molar-refractivity contribution in [3.05, 3.63) is 65.2 Å². The highest BCUT2D eigenvalue weighted by molar-refractivity contribution is 7.14. The molecule has 124 valence electrons. The SMILES string of the molecule is Cc1ccc2onc(CC(=O)Nc3nc(-c4ccccc4)cs3)c2c1. The number of carbonyl (C=O) groups is 1. The molecule has 0 fully saturated rings. The molecule has 0 aliphatic rings. The number of nitrogens with zero attached hydrogens (tertiary/aromatic N) is 2. The molecular formula is C19H15N3O2S. The summed E-state index contributed by atoms with van der Waals surface area (Å²) in [4.78, 5) is 16.8. The second-order valence-corrected chi connectivity index (χ2v) is 6.62. The van der Waals surface area contributed by atoms with E-state index in [2.05, 4.69) is 15.5 Å². The van der Waals surface area contributed by atoms with Gasteiger partial charge in [-0.3, -0.25) is 4.79 Å². The number of aryl methyl sites for hydroxylation is 1. The minimum atomic E-state index is -0.161. The van der Waals surface area contributed by atoms with Gasteiger partial charge in [0.2, 0.25) is 5.91 Å². The molecule has 0 saturated heterocycles. The van der Waals surface area contributed by atoms with Crippen molar-refractivity contribution in [2.45, 2.75) is 13.3 Å². The Balaban J connectivity index is 1.49. The molecule has 0 saturated carbocycles. The van der Waals surface area contributed by atoms with Crippen molar-refractivity contribution in [3.8, 4) is 11.3 Å². The van der Waals surface area contributed by atoms with Crippen LogP contribution in [0.5, 0.6) is 0 Å². The third-order valence-corrected chi connectivity index (χ3v) is 4.61. The maximum Gasteiger partial charge on any atom is 0.232 e. The second kappa shape index (κ2) is 6.49. The van der Waals surface area contributed by atoms with Crippen molar-refractivity contribution in [1.29, 1.82) is 0 Å². The fraction of sp³-hybridized carbons (Fsp3) is 0.105. The van der Waals surface area contributed by atoms with Crippen LogP contribution in [-0.2, 0) is 11.2 Å². The smallest absolute Gasteiger partial charge is 0.232 e. The first-order chi connectivity index (χ1) is 12.2. The van der Waals surface area contributed by atoms with Gasteiger partial charge in [0.25, 0.3) is 0 Å². The minimum absolute atomic E-state index is 0.150. The highest BCUT2D eigenvalue weighted by Gasteiger charge is 2.14. The van der Waals surface area contributed by atoms with Crippen LogP contribution in [0.25, 0.3) is 22.2 Å². The van der Waals surface area contributed by atoms with E-state index in [1.807, 2.05) is 60.8 Å². The standard InChI is InChI=1S/C19H15N3O2S/c1-12-7-8-17-14(9-12)15(22-24-17)10-18(23)21-19-20-16(11-25-19)13-5-3-2-4-6-13/h2-9,11H,10H2,1H3,(H,20,21,23). The predicted molar refractivity (Wildman–Crippen MR) is 98.6 cm³/mol. The van der Waals surface area contributed by atoms with Crippen molar-refractivity contribution in [2.75, 3.05) is 5.32 Å². The molecule has 0 atom stereocenters. The van der Waals surface area contributed by atoms with E-state index < -0.39 is 0 Å². The molecule has 5 nitrogen and oxygen atoms in total. The first kappa shape index (κ1) is 15.5. The van der Waals surface area contributed by atoms with E-state index in [1.165, 1.54) is 11.3 Å². The van der Waals surface area contributed by atoms with Crippen LogP contribution in [0.1, 0.15) is 11.3 Å². The molecule has 0 unspecified atom stereocenters. The van der Waals surface area contributed by atoms with Gasteiger partial charge in [0, 0.05) is 16.3 Å². The lowest BCUT2D eigenvalue weighted by Crippen LogP contribution is -2.14. The van der Waals surface area contributed by atoms with Crippen LogP contribution in [0.4, 0.5) is 5.13 Å². The highest BCUT2D eigenvalue weighted by Crippen LogP contribution is 2.25. The van der Waals surface area contributed by atoms with Gasteiger partial charge in [-0.1, -0.05) is 47.1 Å². The molecule has 0 aliphatic heterocycles. The van der Waals surface area contributed by atoms with Gasteiger partial charge in [-0.2, -0.15) is 0 Å². The Morgan fingerprint density at radius 1 is 1.20 bits per heavy atom. The third-order valence-electron chi connectivity index (χ3n) is 3.85. The van der Waals surface area contributed by atoms with E-state index in [-0.39, 0.29) is 12.3 Å². The van der Waals surface area contributed by atoms with Crippen molar-refractivity contribution < 1.29 is 9.32 Å². The van der Waals surface area contributed by atoms with Crippen molar-refractivity contribution in [1.82, 2.24) is 10.1 Å². The van der Waals surface area contributed by atoms with Gasteiger partial charge in [-0.15, -0.1) is 11.3 Å². The van der Waals surface area contributed by atoms with Gasteiger partial charge in [-0.05, 0) is 19.1 Å². The quantitative estimate of drug-likeness (QED) is 0.591. The van der Waals surface area contributed by atoms with Crippen LogP contribution in [-0.4, -0.2) is 16.0 Å². The van der Waals surface area contributed by atoms with Crippen molar-refractivity contribution >= 4 is 33.3 Å². The molecule has 0 bridgehead atoms. The molecule has 2 aromatic heterocycles. The molecule has 25 heavy (non-hydrogen) atoms. The lowest BCUT2D eigenvalue weighted by atomic mass is 10.1. The molecule has 0 radical (unpaired) electrons. The fourth-order valence-corrected chi connectivity index (χ4v) is 3.35. The molecule has 1 amide bonds. The van der Waals surface area contributed by atoms with Gasteiger partial charge < -0.3 is 9.84 Å². The van der Waals surface area contributed by atoms with E-state index in [0.717, 1.165) is 22.2 Å². The Kier molecular flexibility index (Phi) is 4.03. The van der Waals surface area contributed by atoms with E-state index in [0.29, 0.717) is 16.4 Å². The maximum absolute atomic E-state index is 12.3. The number of hydrogen-bond acceptors (Lipinski definition) is 5. The summed E-state index contributed by atoms with van der Waals surface area (Å²) in [6.07, 6.45) is 0.150. The number of amides is 1. The number of benzene rings is 2. The zero-order valence-electron chi connectivity index (χ0n) is 13.5. The molecule has 0 aliphatic carbocycles. The molecule has 0 spiro atoms. The molecule has 2 aromatic carbocycles. The number of thiazole rings is 1. The molecule has 4 aromatic rings. The summed E-state index contributed by atoms with van der Waals surface area (Å²) < 4.78 is 5.27. The zero-order chi connectivity index (χ0) is 17.2. The van der Waals surface area contributed by atoms with Crippen LogP contribution < -0.4 is 5.32 Å². The summed E-state index contributed by atoms with van der Waals surface area (Å²) in [5.41, 5.74) is 4.30. The summed E-state index contributed by atoms with van der Waals surface area (Å²) in [6, 6.07) is 15.7. The van der Waals surface area contributed by atoms with Gasteiger partial charge >= 0.3 is 0 Å². The number of fused-ring (bicyclic) bond motifs is 1. The Bertz CT molecular complexity index is 1040. The van der Waals surface area contributed by atoms with E-state index in [1.54, 1.807) is 0 Å². The maximum atomic E-state index is 12.3. The number of nitrogens with one attached hydrogen (secondary N) is 1. The largest absolute Gasteiger partial charge is 0.356 e. The number of anilines is 1. The predicted octanol–water partition coefficient (Wildman–Crippen LogP) is 4.44. The molecule has 6 heteroatoms. The van der Waals surface area contributed by atoms with Crippen LogP contribution in [0, 0.1) is 6.92 Å². The lowest BCUT2D eigenvalue weighted by molar-refractivity contribution is -0.115. The van der Waals surface area contributed by atoms with Crippen LogP contribution >= 0.6 is 11.3 Å². The number of hydrogen-bond donors (Lipinski definition) is 1. The first-order valence-corrected chi connectivity index (χ1v) is 8.73. The van der Waals surface area contributed by atoms with E-state index >= 15 is 0 Å². The summed E-state index contributed by atoms with van der Waals surface area (Å²) in [7, 11) is 0. The highest BCUT2D eigenvalue weighted by atomic mass is 32.1. The minimum Gasteiger partial charge on any atom is -0.356 e. The van der Waals surface area contributed by atoms with Gasteiger partial charge in [0.05, 0.1) is 12.1 Å². The van der Waals surface area contributed by atoms with Crippen LogP contribution in [0.15, 0.2) is 58.4 Å². The normalized spacial score (nSPS) is 10.9. The monoisotopic (exact) mass is 349 g/mol. The summed E-state index contributed by atoms with van der Waals surface area (Å²) in [6.45, 7) is 2.00. The molecule has 1 N–H and O–H groups in total. The molecular weight excluding hydrogens is 334 g/mol. The number of carbonyl (C=O) groups excluding carboxylic acids is 1. The van der Waals surface area contributed by atoms with E-state index in [9.17, 15) is 4.79 Å². The summed E-state index contributed by atoms with van der Waals surface area (Å²) in [5.74, 6) is -0.161. The Labute approximate surface area is 148 Å². The van der Waals surface area contributed by atoms with Gasteiger partial charge in [0.15, 0.2) is 10.7 Å². The second-order valence-electron chi connectivity index (χ2n) is 5.76. The Morgan fingerprint density at radius 2 is 2.04 bits per heavy atom. The lowest BCUT2D eigenvalue weighted by Gasteiger charge is -2.00. The first-order valence-electron chi connectivity index (χ1n) is 7.85. The Morgan fingerprint density at radius 3 is 2.88 bits per heavy atom. The number of rotatable bonds is 4. The zero-order valence-corrected chi connectivity index (χ0v) is 14.3. The summed E-state index contributed by atoms with van der Waals surface area (Å²) >= 11 is 1.40. The average molecular weight is 349 g/mol. The van der Waals surface area contributed by atoms with Crippen LogP contribution in [0.2, 0.25) is 0 Å². The summed E-state index contributed by atoms with van der Waals surface area (Å²) in [5, 5.41) is 10.2. The molecule has 4 rings (SSSR count). The topological polar surface area (TPSA) is 68.0 Å². The fourth-order valence-electron chi connectivity index (χ4n) is 2.62. The van der Waals surface area contributed by atoms with Crippen molar-refractivity contribution in [2.24, 2.45) is 0 Å². The molecule has 2 heterocycles. The average Bonchev–Trinajstić information content (AvgIpc) is 3.23. The van der Waals surface area contributed by atoms with Crippen LogP contribution in [0.3, 0.4) is 0 Å². The number of aromatic nitrogens is 2. The van der Waals surface area contributed by atoms with E-state index in [4.69, 9.17) is 4.52 Å². The third kappa shape index (κ3) is 3.29. The Hall–Kier alpha value is -2.99.